The van der Waals surface area contributed by atoms with Gasteiger partial charge in [0.2, 0.25) is 0 Å². The van der Waals surface area contributed by atoms with Crippen LogP contribution in [0.1, 0.15) is 69.7 Å². The highest BCUT2D eigenvalue weighted by Gasteiger charge is 2.53. The van der Waals surface area contributed by atoms with Crippen molar-refractivity contribution in [1.82, 2.24) is 0 Å². The Kier molecular flexibility index (Phi) is 4.80. The van der Waals surface area contributed by atoms with Gasteiger partial charge in [0.25, 0.3) is 5.79 Å². The summed E-state index contributed by atoms with van der Waals surface area (Å²) in [6.07, 6.45) is 1.40. The molecule has 2 aromatic carbocycles. The zero-order valence-corrected chi connectivity index (χ0v) is 19.8. The van der Waals surface area contributed by atoms with Crippen LogP contribution in [0.2, 0.25) is 0 Å². The van der Waals surface area contributed by atoms with E-state index in [-0.39, 0.29) is 16.8 Å². The Morgan fingerprint density at radius 3 is 1.74 bits per heavy atom. The van der Waals surface area contributed by atoms with Gasteiger partial charge in [-0.2, -0.15) is 0 Å². The minimum atomic E-state index is -0.774. The lowest BCUT2D eigenvalue weighted by atomic mass is 9.69. The first-order valence-electron chi connectivity index (χ1n) is 10.8. The molecular formula is C26H32O5. The van der Waals surface area contributed by atoms with Gasteiger partial charge in [-0.1, -0.05) is 27.7 Å². The van der Waals surface area contributed by atoms with E-state index in [2.05, 4.69) is 39.8 Å². The molecule has 5 heteroatoms. The summed E-state index contributed by atoms with van der Waals surface area (Å²) in [5.41, 5.74) is 3.66. The fourth-order valence-corrected chi connectivity index (χ4v) is 5.20. The van der Waals surface area contributed by atoms with Crippen LogP contribution in [0.25, 0.3) is 0 Å². The second-order valence-electron chi connectivity index (χ2n) is 10.3. The molecule has 0 N–H and O–H groups in total. The number of esters is 1. The molecule has 0 saturated carbocycles. The number of carbonyl (C=O) groups excluding carboxylic acids is 1. The predicted octanol–water partition coefficient (Wildman–Crippen LogP) is 5.75. The highest BCUT2D eigenvalue weighted by Crippen LogP contribution is 2.55. The van der Waals surface area contributed by atoms with Crippen molar-refractivity contribution in [1.29, 1.82) is 0 Å². The molecule has 2 aliphatic heterocycles. The SMILES string of the molecule is COc1cc2c(cc1C)OC1(CC2(C)C)CC(C)(C)c2cc(OC(C)=O)c(C)cc2O1. The standard InChI is InChI=1S/C26H32O5/c1-15-9-22-18(11-20(15)28-8)24(4,5)13-26(30-22)14-25(6,7)19-12-21(29-17(3)27)16(2)10-23(19)31-26/h9-12H,13-14H2,1-8H3. The summed E-state index contributed by atoms with van der Waals surface area (Å²) in [6, 6.07) is 8.05. The van der Waals surface area contributed by atoms with Gasteiger partial charge in [-0.3, -0.25) is 4.79 Å². The zero-order valence-electron chi connectivity index (χ0n) is 19.8. The number of rotatable bonds is 2. The molecule has 2 aliphatic rings. The van der Waals surface area contributed by atoms with Crippen LogP contribution in [-0.4, -0.2) is 18.9 Å². The van der Waals surface area contributed by atoms with E-state index in [9.17, 15) is 4.79 Å². The lowest BCUT2D eigenvalue weighted by Gasteiger charge is -2.51. The maximum Gasteiger partial charge on any atom is 0.308 e. The summed E-state index contributed by atoms with van der Waals surface area (Å²) in [4.78, 5) is 11.5. The molecule has 4 rings (SSSR count). The number of aryl methyl sites for hydroxylation is 2. The number of hydrogen-bond acceptors (Lipinski definition) is 5. The fourth-order valence-electron chi connectivity index (χ4n) is 5.20. The van der Waals surface area contributed by atoms with Crippen molar-refractivity contribution in [2.45, 2.75) is 77.9 Å². The third-order valence-electron chi connectivity index (χ3n) is 6.50. The van der Waals surface area contributed by atoms with Gasteiger partial charge in [0.15, 0.2) is 0 Å². The van der Waals surface area contributed by atoms with E-state index in [0.29, 0.717) is 18.6 Å². The fraction of sp³-hybridized carbons (Fsp3) is 0.500. The Hall–Kier alpha value is -2.69. The third-order valence-corrected chi connectivity index (χ3v) is 6.50. The molecule has 31 heavy (non-hydrogen) atoms. The number of ether oxygens (including phenoxy) is 4. The summed E-state index contributed by atoms with van der Waals surface area (Å²) in [5.74, 6) is 1.99. The van der Waals surface area contributed by atoms with Gasteiger partial charge in [0, 0.05) is 41.7 Å². The van der Waals surface area contributed by atoms with Gasteiger partial charge in [-0.25, -0.2) is 0 Å². The third kappa shape index (κ3) is 3.64. The Morgan fingerprint density at radius 2 is 1.29 bits per heavy atom. The average molecular weight is 425 g/mol. The lowest BCUT2D eigenvalue weighted by molar-refractivity contribution is -0.166. The quantitative estimate of drug-likeness (QED) is 0.454. The average Bonchev–Trinajstić information content (AvgIpc) is 2.60. The van der Waals surface area contributed by atoms with Crippen molar-refractivity contribution in [2.24, 2.45) is 0 Å². The van der Waals surface area contributed by atoms with Gasteiger partial charge in [-0.15, -0.1) is 0 Å². The Morgan fingerprint density at radius 1 is 0.839 bits per heavy atom. The molecule has 0 aliphatic carbocycles. The van der Waals surface area contributed by atoms with Crippen LogP contribution in [0.4, 0.5) is 0 Å². The van der Waals surface area contributed by atoms with Crippen molar-refractivity contribution in [3.63, 3.8) is 0 Å². The topological polar surface area (TPSA) is 54.0 Å². The summed E-state index contributed by atoms with van der Waals surface area (Å²) in [6.45, 7) is 14.2. The predicted molar refractivity (Wildman–Crippen MR) is 119 cm³/mol. The maximum atomic E-state index is 11.5. The molecule has 0 saturated heterocycles. The molecule has 2 heterocycles. The highest BCUT2D eigenvalue weighted by atomic mass is 16.7. The Bertz CT molecular complexity index is 1070. The zero-order chi connectivity index (χ0) is 22.8. The molecule has 0 bridgehead atoms. The normalized spacial score (nSPS) is 22.6. The van der Waals surface area contributed by atoms with Crippen molar-refractivity contribution in [3.8, 4) is 23.0 Å². The van der Waals surface area contributed by atoms with Gasteiger partial charge in [0.1, 0.15) is 23.0 Å². The number of hydrogen-bond donors (Lipinski definition) is 0. The number of benzene rings is 2. The van der Waals surface area contributed by atoms with Crippen LogP contribution in [-0.2, 0) is 15.6 Å². The Balaban J connectivity index is 1.79. The second-order valence-corrected chi connectivity index (χ2v) is 10.3. The van der Waals surface area contributed by atoms with Crippen LogP contribution in [0, 0.1) is 13.8 Å². The summed E-state index contributed by atoms with van der Waals surface area (Å²) in [7, 11) is 1.70. The molecule has 0 aromatic heterocycles. The van der Waals surface area contributed by atoms with E-state index < -0.39 is 5.79 Å². The van der Waals surface area contributed by atoms with Crippen LogP contribution in [0.15, 0.2) is 24.3 Å². The van der Waals surface area contributed by atoms with Crippen LogP contribution in [0.3, 0.4) is 0 Å². The molecule has 2 aromatic rings. The summed E-state index contributed by atoms with van der Waals surface area (Å²) < 4.78 is 24.2. The number of carbonyl (C=O) groups is 1. The molecular weight excluding hydrogens is 392 g/mol. The van der Waals surface area contributed by atoms with Crippen LogP contribution < -0.4 is 18.9 Å². The minimum Gasteiger partial charge on any atom is -0.496 e. The first-order chi connectivity index (χ1) is 14.4. The minimum absolute atomic E-state index is 0.158. The van der Waals surface area contributed by atoms with Gasteiger partial charge < -0.3 is 18.9 Å². The molecule has 166 valence electrons. The van der Waals surface area contributed by atoms with E-state index in [4.69, 9.17) is 18.9 Å². The van der Waals surface area contributed by atoms with E-state index in [1.807, 2.05) is 26.0 Å². The van der Waals surface area contributed by atoms with Crippen LogP contribution in [0.5, 0.6) is 23.0 Å². The number of methoxy groups -OCH3 is 1. The first kappa shape index (κ1) is 21.5. The monoisotopic (exact) mass is 424 g/mol. The van der Waals surface area contributed by atoms with E-state index in [1.165, 1.54) is 6.92 Å². The molecule has 1 spiro atoms. The molecule has 0 amide bonds. The summed E-state index contributed by atoms with van der Waals surface area (Å²) >= 11 is 0. The second kappa shape index (κ2) is 6.91. The van der Waals surface area contributed by atoms with Crippen LogP contribution >= 0.6 is 0 Å². The largest absolute Gasteiger partial charge is 0.496 e. The first-order valence-corrected chi connectivity index (χ1v) is 10.8. The molecule has 1 atom stereocenters. The van der Waals surface area contributed by atoms with E-state index in [1.54, 1.807) is 7.11 Å². The molecule has 0 radical (unpaired) electrons. The van der Waals surface area contributed by atoms with Crippen molar-refractivity contribution in [2.75, 3.05) is 7.11 Å². The van der Waals surface area contributed by atoms with Crippen molar-refractivity contribution in [3.05, 3.63) is 46.5 Å². The van der Waals surface area contributed by atoms with Gasteiger partial charge in [-0.05, 0) is 49.2 Å². The molecule has 5 nitrogen and oxygen atoms in total. The maximum absolute atomic E-state index is 11.5. The highest BCUT2D eigenvalue weighted by molar-refractivity contribution is 5.70. The smallest absolute Gasteiger partial charge is 0.308 e. The van der Waals surface area contributed by atoms with E-state index in [0.717, 1.165) is 39.5 Å². The van der Waals surface area contributed by atoms with Crippen molar-refractivity contribution < 1.29 is 23.7 Å². The van der Waals surface area contributed by atoms with Gasteiger partial charge in [0.05, 0.1) is 7.11 Å². The molecule has 1 unspecified atom stereocenters. The Labute approximate surface area is 184 Å². The van der Waals surface area contributed by atoms with E-state index >= 15 is 0 Å². The summed E-state index contributed by atoms with van der Waals surface area (Å²) in [5, 5.41) is 0. The number of fused-ring (bicyclic) bond motifs is 2. The molecule has 0 fully saturated rings. The van der Waals surface area contributed by atoms with Gasteiger partial charge >= 0.3 is 5.97 Å². The lowest BCUT2D eigenvalue weighted by Crippen LogP contribution is -2.55. The van der Waals surface area contributed by atoms with Crippen molar-refractivity contribution >= 4 is 5.97 Å².